The van der Waals surface area contributed by atoms with E-state index in [4.69, 9.17) is 0 Å². The van der Waals surface area contributed by atoms with Gasteiger partial charge in [-0.15, -0.1) is 0 Å². The normalized spacial score (nSPS) is 9.94. The zero-order valence-corrected chi connectivity index (χ0v) is 11.1. The molecule has 0 bridgehead atoms. The molecule has 0 radical (unpaired) electrons. The van der Waals surface area contributed by atoms with Crippen molar-refractivity contribution in [2.45, 2.75) is 26.7 Å². The van der Waals surface area contributed by atoms with Crippen molar-refractivity contribution in [3.05, 3.63) is 29.8 Å². The van der Waals surface area contributed by atoms with Gasteiger partial charge < -0.3 is 9.64 Å². The average Bonchev–Trinajstić information content (AvgIpc) is 2.40. The van der Waals surface area contributed by atoms with Crippen LogP contribution in [0.2, 0.25) is 0 Å². The molecule has 1 amide bonds. The molecule has 4 nitrogen and oxygen atoms in total. The SMILES string of the molecule is CCC(=O)N(CCC(=O)OC)c1ccccc1C. The van der Waals surface area contributed by atoms with Crippen molar-refractivity contribution in [1.82, 2.24) is 0 Å². The summed E-state index contributed by atoms with van der Waals surface area (Å²) in [4.78, 5) is 24.8. The predicted molar refractivity (Wildman–Crippen MR) is 70.5 cm³/mol. The Morgan fingerprint density at radius 2 is 1.94 bits per heavy atom. The number of rotatable bonds is 5. The monoisotopic (exact) mass is 249 g/mol. The highest BCUT2D eigenvalue weighted by molar-refractivity contribution is 5.94. The minimum atomic E-state index is -0.308. The standard InChI is InChI=1S/C14H19NO3/c1-4-13(16)15(10-9-14(17)18-3)12-8-6-5-7-11(12)2/h5-8H,4,9-10H2,1-3H3. The van der Waals surface area contributed by atoms with E-state index < -0.39 is 0 Å². The lowest BCUT2D eigenvalue weighted by Crippen LogP contribution is -2.33. The second-order valence-electron chi connectivity index (χ2n) is 4.01. The third-order valence-corrected chi connectivity index (χ3v) is 2.78. The Morgan fingerprint density at radius 1 is 1.28 bits per heavy atom. The van der Waals surface area contributed by atoms with Gasteiger partial charge >= 0.3 is 5.97 Å². The number of hydrogen-bond acceptors (Lipinski definition) is 3. The van der Waals surface area contributed by atoms with Gasteiger partial charge in [-0.05, 0) is 18.6 Å². The molecule has 1 aromatic carbocycles. The Balaban J connectivity index is 2.89. The third-order valence-electron chi connectivity index (χ3n) is 2.78. The molecule has 0 unspecified atom stereocenters. The molecule has 0 spiro atoms. The fourth-order valence-electron chi connectivity index (χ4n) is 1.74. The van der Waals surface area contributed by atoms with E-state index >= 15 is 0 Å². The van der Waals surface area contributed by atoms with Gasteiger partial charge in [-0.25, -0.2) is 0 Å². The van der Waals surface area contributed by atoms with Crippen molar-refractivity contribution in [3.63, 3.8) is 0 Å². The molecule has 0 aliphatic rings. The number of methoxy groups -OCH3 is 1. The molecule has 1 rings (SSSR count). The van der Waals surface area contributed by atoms with Crippen LogP contribution in [-0.2, 0) is 14.3 Å². The summed E-state index contributed by atoms with van der Waals surface area (Å²) >= 11 is 0. The van der Waals surface area contributed by atoms with Gasteiger partial charge in [-0.1, -0.05) is 25.1 Å². The minimum Gasteiger partial charge on any atom is -0.469 e. The molecular formula is C14H19NO3. The van der Waals surface area contributed by atoms with Gasteiger partial charge in [0, 0.05) is 18.7 Å². The summed E-state index contributed by atoms with van der Waals surface area (Å²) in [6.07, 6.45) is 0.617. The van der Waals surface area contributed by atoms with E-state index in [1.165, 1.54) is 7.11 Å². The number of ether oxygens (including phenoxy) is 1. The van der Waals surface area contributed by atoms with Crippen LogP contribution in [0, 0.1) is 6.92 Å². The van der Waals surface area contributed by atoms with Gasteiger partial charge in [-0.3, -0.25) is 9.59 Å². The van der Waals surface area contributed by atoms with E-state index in [1.807, 2.05) is 38.1 Å². The molecule has 0 N–H and O–H groups in total. The highest BCUT2D eigenvalue weighted by Gasteiger charge is 2.16. The van der Waals surface area contributed by atoms with Crippen molar-refractivity contribution in [2.75, 3.05) is 18.6 Å². The Kier molecular flexibility index (Phi) is 5.36. The summed E-state index contributed by atoms with van der Waals surface area (Å²) < 4.78 is 4.60. The Morgan fingerprint density at radius 3 is 2.50 bits per heavy atom. The summed E-state index contributed by atoms with van der Waals surface area (Å²) in [6, 6.07) is 7.65. The number of esters is 1. The number of aryl methyl sites for hydroxylation is 1. The second kappa shape index (κ2) is 6.79. The average molecular weight is 249 g/mol. The largest absolute Gasteiger partial charge is 0.469 e. The van der Waals surface area contributed by atoms with Crippen LogP contribution in [0.15, 0.2) is 24.3 Å². The molecule has 0 heterocycles. The first-order valence-electron chi connectivity index (χ1n) is 6.03. The van der Waals surface area contributed by atoms with E-state index in [-0.39, 0.29) is 18.3 Å². The van der Waals surface area contributed by atoms with Gasteiger partial charge in [0.15, 0.2) is 0 Å². The highest BCUT2D eigenvalue weighted by atomic mass is 16.5. The van der Waals surface area contributed by atoms with E-state index in [9.17, 15) is 9.59 Å². The van der Waals surface area contributed by atoms with Crippen LogP contribution in [0.4, 0.5) is 5.69 Å². The maximum absolute atomic E-state index is 11.9. The van der Waals surface area contributed by atoms with Gasteiger partial charge in [-0.2, -0.15) is 0 Å². The summed E-state index contributed by atoms with van der Waals surface area (Å²) in [5.74, 6) is -0.300. The Hall–Kier alpha value is -1.84. The summed E-state index contributed by atoms with van der Waals surface area (Å²) in [6.45, 7) is 4.11. The molecule has 0 aliphatic carbocycles. The number of carbonyl (C=O) groups excluding carboxylic acids is 2. The number of anilines is 1. The highest BCUT2D eigenvalue weighted by Crippen LogP contribution is 2.20. The number of benzene rings is 1. The van der Waals surface area contributed by atoms with Crippen LogP contribution in [0.25, 0.3) is 0 Å². The minimum absolute atomic E-state index is 0.00760. The van der Waals surface area contributed by atoms with Crippen molar-refractivity contribution in [3.8, 4) is 0 Å². The Labute approximate surface area is 108 Å². The molecule has 0 aliphatic heterocycles. The molecular weight excluding hydrogens is 230 g/mol. The van der Waals surface area contributed by atoms with Gasteiger partial charge in [0.05, 0.1) is 13.5 Å². The summed E-state index contributed by atoms with van der Waals surface area (Å²) in [7, 11) is 1.35. The van der Waals surface area contributed by atoms with Crippen LogP contribution in [-0.4, -0.2) is 25.5 Å². The zero-order valence-electron chi connectivity index (χ0n) is 11.1. The van der Waals surface area contributed by atoms with Crippen LogP contribution in [0.1, 0.15) is 25.3 Å². The van der Waals surface area contributed by atoms with Crippen LogP contribution < -0.4 is 4.90 Å². The quantitative estimate of drug-likeness (QED) is 0.752. The van der Waals surface area contributed by atoms with E-state index in [1.54, 1.807) is 4.90 Å². The van der Waals surface area contributed by atoms with Crippen molar-refractivity contribution in [1.29, 1.82) is 0 Å². The molecule has 4 heteroatoms. The van der Waals surface area contributed by atoms with Crippen molar-refractivity contribution < 1.29 is 14.3 Å². The van der Waals surface area contributed by atoms with E-state index in [0.717, 1.165) is 11.3 Å². The molecule has 18 heavy (non-hydrogen) atoms. The fraction of sp³-hybridized carbons (Fsp3) is 0.429. The molecule has 0 saturated heterocycles. The van der Waals surface area contributed by atoms with Crippen LogP contribution in [0.3, 0.4) is 0 Å². The first-order valence-corrected chi connectivity index (χ1v) is 6.03. The second-order valence-corrected chi connectivity index (χ2v) is 4.01. The van der Waals surface area contributed by atoms with Gasteiger partial charge in [0.25, 0.3) is 0 Å². The number of carbonyl (C=O) groups is 2. The third kappa shape index (κ3) is 3.58. The van der Waals surface area contributed by atoms with Crippen LogP contribution >= 0.6 is 0 Å². The maximum atomic E-state index is 11.9. The molecule has 0 saturated carbocycles. The smallest absolute Gasteiger partial charge is 0.307 e. The first kappa shape index (κ1) is 14.2. The maximum Gasteiger partial charge on any atom is 0.307 e. The lowest BCUT2D eigenvalue weighted by atomic mass is 10.1. The lowest BCUT2D eigenvalue weighted by Gasteiger charge is -2.23. The number of hydrogen-bond donors (Lipinski definition) is 0. The number of amides is 1. The number of para-hydroxylation sites is 1. The van der Waals surface area contributed by atoms with Crippen LogP contribution in [0.5, 0.6) is 0 Å². The molecule has 98 valence electrons. The van der Waals surface area contributed by atoms with Gasteiger partial charge in [0.1, 0.15) is 0 Å². The molecule has 1 aromatic rings. The predicted octanol–water partition coefficient (Wildman–Crippen LogP) is 2.30. The summed E-state index contributed by atoms with van der Waals surface area (Å²) in [5.41, 5.74) is 1.87. The van der Waals surface area contributed by atoms with Crippen molar-refractivity contribution >= 4 is 17.6 Å². The van der Waals surface area contributed by atoms with Gasteiger partial charge in [0.2, 0.25) is 5.91 Å². The zero-order chi connectivity index (χ0) is 13.5. The fourth-order valence-corrected chi connectivity index (χ4v) is 1.74. The molecule has 0 aromatic heterocycles. The van der Waals surface area contributed by atoms with E-state index in [0.29, 0.717) is 13.0 Å². The Bertz CT molecular complexity index is 429. The first-order chi connectivity index (χ1) is 8.60. The number of nitrogens with zero attached hydrogens (tertiary/aromatic N) is 1. The van der Waals surface area contributed by atoms with Crippen molar-refractivity contribution in [2.24, 2.45) is 0 Å². The summed E-state index contributed by atoms with van der Waals surface area (Å²) in [5, 5.41) is 0. The molecule has 0 atom stereocenters. The van der Waals surface area contributed by atoms with E-state index in [2.05, 4.69) is 4.74 Å². The topological polar surface area (TPSA) is 46.6 Å². The molecule has 0 fully saturated rings. The lowest BCUT2D eigenvalue weighted by molar-refractivity contribution is -0.140.